The lowest BCUT2D eigenvalue weighted by Crippen LogP contribution is -2.08. The Kier molecular flexibility index (Phi) is 5.28. The predicted octanol–water partition coefficient (Wildman–Crippen LogP) is 3.71. The molecule has 0 fully saturated rings. The summed E-state index contributed by atoms with van der Waals surface area (Å²) < 4.78 is 51.6. The van der Waals surface area contributed by atoms with Crippen LogP contribution in [0.1, 0.15) is 15.6 Å². The maximum atomic E-state index is 13.8. The summed E-state index contributed by atoms with van der Waals surface area (Å²) in [6.07, 6.45) is 0. The van der Waals surface area contributed by atoms with E-state index in [4.69, 9.17) is 0 Å². The molecule has 0 bridgehead atoms. The summed E-state index contributed by atoms with van der Waals surface area (Å²) in [5, 5.41) is 12.8. The van der Waals surface area contributed by atoms with Gasteiger partial charge in [-0.2, -0.15) is 0 Å². The summed E-state index contributed by atoms with van der Waals surface area (Å²) in [7, 11) is -3.93. The van der Waals surface area contributed by atoms with Gasteiger partial charge in [0.15, 0.2) is 9.84 Å². The van der Waals surface area contributed by atoms with Gasteiger partial charge < -0.3 is 5.32 Å². The molecule has 0 aliphatic heterocycles. The quantitative estimate of drug-likeness (QED) is 0.644. The zero-order valence-corrected chi connectivity index (χ0v) is 15.4. The van der Waals surface area contributed by atoms with Gasteiger partial charge in [-0.25, -0.2) is 17.2 Å². The fourth-order valence-corrected chi connectivity index (χ4v) is 4.44. The molecule has 0 spiro atoms. The maximum Gasteiger partial charge on any atom is 0.185 e. The number of anilines is 1. The van der Waals surface area contributed by atoms with Gasteiger partial charge in [-0.15, -0.1) is 10.2 Å². The van der Waals surface area contributed by atoms with Crippen molar-refractivity contribution in [3.63, 3.8) is 0 Å². The second-order valence-corrected chi connectivity index (χ2v) is 8.83. The van der Waals surface area contributed by atoms with Crippen LogP contribution in [-0.2, 0) is 22.1 Å². The first-order valence-corrected chi connectivity index (χ1v) is 10.1. The predicted molar refractivity (Wildman–Crippen MR) is 95.7 cm³/mol. The van der Waals surface area contributed by atoms with E-state index in [-0.39, 0.29) is 5.75 Å². The highest BCUT2D eigenvalue weighted by Crippen LogP contribution is 2.22. The third kappa shape index (κ3) is 4.41. The summed E-state index contributed by atoms with van der Waals surface area (Å²) in [6.45, 7) is 2.33. The van der Waals surface area contributed by atoms with Crippen molar-refractivity contribution in [2.75, 3.05) is 5.32 Å². The lowest BCUT2D eigenvalue weighted by Gasteiger charge is -2.09. The van der Waals surface area contributed by atoms with Gasteiger partial charge in [-0.3, -0.25) is 0 Å². The van der Waals surface area contributed by atoms with Gasteiger partial charge in [0.1, 0.15) is 26.5 Å². The van der Waals surface area contributed by atoms with Gasteiger partial charge in [-0.1, -0.05) is 23.5 Å². The van der Waals surface area contributed by atoms with E-state index in [2.05, 4.69) is 15.5 Å². The minimum absolute atomic E-state index is 0.386. The third-order valence-electron chi connectivity index (χ3n) is 3.52. The van der Waals surface area contributed by atoms with E-state index in [9.17, 15) is 17.2 Å². The molecule has 0 atom stereocenters. The minimum atomic E-state index is -3.93. The Morgan fingerprint density at radius 3 is 2.62 bits per heavy atom. The highest BCUT2D eigenvalue weighted by Gasteiger charge is 2.20. The van der Waals surface area contributed by atoms with Gasteiger partial charge in [-0.05, 0) is 36.8 Å². The first kappa shape index (κ1) is 18.4. The number of benzene rings is 2. The van der Waals surface area contributed by atoms with Crippen molar-refractivity contribution in [2.45, 2.75) is 24.1 Å². The van der Waals surface area contributed by atoms with Crippen molar-refractivity contribution >= 4 is 26.9 Å². The molecule has 0 saturated carbocycles. The molecule has 1 heterocycles. The van der Waals surface area contributed by atoms with Gasteiger partial charge in [0.2, 0.25) is 0 Å². The number of nitrogens with zero attached hydrogens (tertiary/aromatic N) is 2. The fraction of sp³-hybridized carbons (Fsp3) is 0.176. The van der Waals surface area contributed by atoms with E-state index >= 15 is 0 Å². The zero-order chi connectivity index (χ0) is 18.7. The Balaban J connectivity index is 1.75. The Hall–Kier alpha value is -2.39. The van der Waals surface area contributed by atoms with Crippen LogP contribution in [0, 0.1) is 18.6 Å². The average Bonchev–Trinajstić information content (AvgIpc) is 2.98. The van der Waals surface area contributed by atoms with Crippen LogP contribution in [-0.4, -0.2) is 18.6 Å². The molecular weight excluding hydrogens is 380 g/mol. The van der Waals surface area contributed by atoms with E-state index in [1.165, 1.54) is 11.3 Å². The topological polar surface area (TPSA) is 72.0 Å². The lowest BCUT2D eigenvalue weighted by molar-refractivity contribution is 0.549. The summed E-state index contributed by atoms with van der Waals surface area (Å²) in [5.74, 6) is -2.30. The van der Waals surface area contributed by atoms with Gasteiger partial charge in [0.05, 0.1) is 12.3 Å². The molecule has 26 heavy (non-hydrogen) atoms. The van der Waals surface area contributed by atoms with Crippen molar-refractivity contribution in [1.82, 2.24) is 10.2 Å². The van der Waals surface area contributed by atoms with E-state index in [0.29, 0.717) is 23.9 Å². The average molecular weight is 395 g/mol. The van der Waals surface area contributed by atoms with Crippen LogP contribution < -0.4 is 5.32 Å². The Morgan fingerprint density at radius 1 is 1.12 bits per heavy atom. The number of halogens is 2. The number of aromatic nitrogens is 2. The SMILES string of the molecule is Cc1nnc(CNc2cccc(CS(=O)(=O)c3ccc(F)cc3F)c2)s1. The standard InChI is InChI=1S/C17H15F2N3O2S2/c1-11-21-22-17(25-11)9-20-14-4-2-3-12(7-14)10-26(23,24)16-6-5-13(18)8-15(16)19/h2-8,20H,9-10H2,1H3. The molecule has 3 aromatic rings. The molecule has 2 aromatic carbocycles. The summed E-state index contributed by atoms with van der Waals surface area (Å²) >= 11 is 1.47. The van der Waals surface area contributed by atoms with Crippen LogP contribution in [0.25, 0.3) is 0 Å². The summed E-state index contributed by atoms with van der Waals surface area (Å²) in [6, 6.07) is 9.25. The molecule has 1 N–H and O–H groups in total. The second kappa shape index (κ2) is 7.46. The first-order chi connectivity index (χ1) is 12.3. The summed E-state index contributed by atoms with van der Waals surface area (Å²) in [4.78, 5) is -0.512. The molecule has 0 amide bonds. The Labute approximate surface area is 153 Å². The van der Waals surface area contributed by atoms with E-state index < -0.39 is 26.4 Å². The van der Waals surface area contributed by atoms with Crippen LogP contribution in [0.4, 0.5) is 14.5 Å². The minimum Gasteiger partial charge on any atom is -0.378 e. The maximum absolute atomic E-state index is 13.8. The van der Waals surface area contributed by atoms with Crippen LogP contribution in [0.2, 0.25) is 0 Å². The zero-order valence-electron chi connectivity index (χ0n) is 13.7. The molecule has 0 aliphatic rings. The summed E-state index contributed by atoms with van der Waals surface area (Å²) in [5.41, 5.74) is 1.21. The molecule has 1 aromatic heterocycles. The van der Waals surface area contributed by atoms with Gasteiger partial charge >= 0.3 is 0 Å². The smallest absolute Gasteiger partial charge is 0.185 e. The molecule has 136 valence electrons. The van der Waals surface area contributed by atoms with Crippen molar-refractivity contribution in [3.05, 3.63) is 69.7 Å². The molecule has 9 heteroatoms. The van der Waals surface area contributed by atoms with Crippen molar-refractivity contribution < 1.29 is 17.2 Å². The van der Waals surface area contributed by atoms with Gasteiger partial charge in [0, 0.05) is 11.8 Å². The number of sulfone groups is 1. The molecular formula is C17H15F2N3O2S2. The van der Waals surface area contributed by atoms with Crippen molar-refractivity contribution in [3.8, 4) is 0 Å². The normalized spacial score (nSPS) is 11.5. The molecule has 0 saturated heterocycles. The number of nitrogens with one attached hydrogen (secondary N) is 1. The highest BCUT2D eigenvalue weighted by molar-refractivity contribution is 7.90. The van der Waals surface area contributed by atoms with Gasteiger partial charge in [0.25, 0.3) is 0 Å². The lowest BCUT2D eigenvalue weighted by atomic mass is 10.2. The van der Waals surface area contributed by atoms with Crippen LogP contribution in [0.15, 0.2) is 47.4 Å². The number of rotatable bonds is 6. The second-order valence-electron chi connectivity index (χ2n) is 5.60. The number of aryl methyl sites for hydroxylation is 1. The van der Waals surface area contributed by atoms with Crippen LogP contribution in [0.5, 0.6) is 0 Å². The highest BCUT2D eigenvalue weighted by atomic mass is 32.2. The Morgan fingerprint density at radius 2 is 1.92 bits per heavy atom. The van der Waals surface area contributed by atoms with Crippen molar-refractivity contribution in [2.24, 2.45) is 0 Å². The Bertz CT molecular complexity index is 1040. The van der Waals surface area contributed by atoms with E-state index in [1.54, 1.807) is 24.3 Å². The molecule has 3 rings (SSSR count). The first-order valence-electron chi connectivity index (χ1n) is 7.63. The third-order valence-corrected chi connectivity index (χ3v) is 6.08. The fourth-order valence-electron chi connectivity index (χ4n) is 2.38. The number of hydrogen-bond acceptors (Lipinski definition) is 6. The van der Waals surface area contributed by atoms with Crippen molar-refractivity contribution in [1.29, 1.82) is 0 Å². The van der Waals surface area contributed by atoms with Crippen LogP contribution >= 0.6 is 11.3 Å². The van der Waals surface area contributed by atoms with E-state index in [1.807, 2.05) is 6.92 Å². The molecule has 0 aliphatic carbocycles. The number of hydrogen-bond donors (Lipinski definition) is 1. The molecule has 5 nitrogen and oxygen atoms in total. The van der Waals surface area contributed by atoms with E-state index in [0.717, 1.165) is 22.1 Å². The van der Waals surface area contributed by atoms with Crippen LogP contribution in [0.3, 0.4) is 0 Å². The molecule has 0 unspecified atom stereocenters. The largest absolute Gasteiger partial charge is 0.378 e. The monoisotopic (exact) mass is 395 g/mol. The molecule has 0 radical (unpaired) electrons.